The van der Waals surface area contributed by atoms with Gasteiger partial charge in [-0.15, -0.1) is 11.3 Å². The third-order valence-electron chi connectivity index (χ3n) is 4.19. The molecule has 3 rings (SSSR count). The van der Waals surface area contributed by atoms with Crippen molar-refractivity contribution in [2.24, 2.45) is 0 Å². The Morgan fingerprint density at radius 2 is 1.89 bits per heavy atom. The van der Waals surface area contributed by atoms with E-state index in [4.69, 9.17) is 9.47 Å². The summed E-state index contributed by atoms with van der Waals surface area (Å²) < 4.78 is 10.6. The summed E-state index contributed by atoms with van der Waals surface area (Å²) in [6.07, 6.45) is 0.648. The van der Waals surface area contributed by atoms with E-state index in [1.165, 1.54) is 11.3 Å². The molecule has 6 heteroatoms. The zero-order valence-electron chi connectivity index (χ0n) is 15.6. The van der Waals surface area contributed by atoms with Crippen molar-refractivity contribution < 1.29 is 14.3 Å². The fourth-order valence-electron chi connectivity index (χ4n) is 2.78. The summed E-state index contributed by atoms with van der Waals surface area (Å²) in [5.74, 6) is 1.45. The molecule has 0 fully saturated rings. The Morgan fingerprint density at radius 3 is 2.59 bits per heavy atom. The molecule has 0 unspecified atom stereocenters. The second-order valence-corrected chi connectivity index (χ2v) is 6.98. The Kier molecular flexibility index (Phi) is 6.08. The Balaban J connectivity index is 1.66. The average Bonchev–Trinajstić information content (AvgIpc) is 3.10. The number of thiazole rings is 1. The maximum Gasteiger partial charge on any atom is 0.263 e. The molecule has 0 radical (unpaired) electrons. The van der Waals surface area contributed by atoms with Gasteiger partial charge < -0.3 is 14.8 Å². The number of rotatable bonds is 7. The van der Waals surface area contributed by atoms with Crippen LogP contribution in [0.1, 0.15) is 20.9 Å². The van der Waals surface area contributed by atoms with Gasteiger partial charge in [-0.2, -0.15) is 0 Å². The lowest BCUT2D eigenvalue weighted by Crippen LogP contribution is -2.25. The number of aryl methyl sites for hydroxylation is 1. The molecule has 0 bridgehead atoms. The van der Waals surface area contributed by atoms with Gasteiger partial charge in [0.25, 0.3) is 5.91 Å². The van der Waals surface area contributed by atoms with E-state index in [1.54, 1.807) is 14.2 Å². The van der Waals surface area contributed by atoms with Gasteiger partial charge in [0.05, 0.1) is 19.9 Å². The van der Waals surface area contributed by atoms with Gasteiger partial charge in [0.1, 0.15) is 21.4 Å². The maximum absolute atomic E-state index is 12.6. The Morgan fingerprint density at radius 1 is 1.11 bits per heavy atom. The van der Waals surface area contributed by atoms with Gasteiger partial charge in [-0.1, -0.05) is 30.3 Å². The highest BCUT2D eigenvalue weighted by Crippen LogP contribution is 2.28. The zero-order valence-corrected chi connectivity index (χ0v) is 16.4. The number of hydrogen-bond acceptors (Lipinski definition) is 5. The highest BCUT2D eigenvalue weighted by molar-refractivity contribution is 7.17. The number of nitrogens with zero attached hydrogens (tertiary/aromatic N) is 1. The molecule has 0 atom stereocenters. The lowest BCUT2D eigenvalue weighted by molar-refractivity contribution is 0.0957. The monoisotopic (exact) mass is 382 g/mol. The van der Waals surface area contributed by atoms with Crippen molar-refractivity contribution in [3.8, 4) is 22.1 Å². The lowest BCUT2D eigenvalue weighted by atomic mass is 10.1. The smallest absolute Gasteiger partial charge is 0.263 e. The first kappa shape index (κ1) is 18.9. The molecule has 1 amide bonds. The van der Waals surface area contributed by atoms with E-state index >= 15 is 0 Å². The minimum absolute atomic E-state index is 0.103. The molecular formula is C21H22N2O3S. The van der Waals surface area contributed by atoms with E-state index < -0.39 is 0 Å². The molecule has 2 aromatic carbocycles. The highest BCUT2D eigenvalue weighted by atomic mass is 32.1. The van der Waals surface area contributed by atoms with E-state index in [2.05, 4.69) is 10.3 Å². The predicted octanol–water partition coefficient (Wildman–Crippen LogP) is 4.11. The summed E-state index contributed by atoms with van der Waals surface area (Å²) >= 11 is 1.41. The van der Waals surface area contributed by atoms with Crippen molar-refractivity contribution in [1.29, 1.82) is 0 Å². The van der Waals surface area contributed by atoms with Crippen LogP contribution in [0.25, 0.3) is 10.6 Å². The summed E-state index contributed by atoms with van der Waals surface area (Å²) in [6, 6.07) is 15.5. The molecule has 0 saturated carbocycles. The average molecular weight is 382 g/mol. The molecule has 0 saturated heterocycles. The Hall–Kier alpha value is -2.86. The number of hydrogen-bond donors (Lipinski definition) is 1. The minimum Gasteiger partial charge on any atom is -0.497 e. The molecule has 5 nitrogen and oxygen atoms in total. The minimum atomic E-state index is -0.103. The van der Waals surface area contributed by atoms with Crippen molar-refractivity contribution in [2.45, 2.75) is 13.3 Å². The number of nitrogens with one attached hydrogen (secondary N) is 1. The number of ether oxygens (including phenoxy) is 2. The van der Waals surface area contributed by atoms with Crippen LogP contribution in [0.4, 0.5) is 0 Å². The first-order valence-corrected chi connectivity index (χ1v) is 9.46. The van der Waals surface area contributed by atoms with Crippen molar-refractivity contribution in [3.05, 3.63) is 64.7 Å². The van der Waals surface area contributed by atoms with Crippen molar-refractivity contribution in [3.63, 3.8) is 0 Å². The molecule has 1 aromatic heterocycles. The van der Waals surface area contributed by atoms with E-state index in [1.807, 2.05) is 55.5 Å². The molecular weight excluding hydrogens is 360 g/mol. The van der Waals surface area contributed by atoms with Gasteiger partial charge in [-0.05, 0) is 37.1 Å². The van der Waals surface area contributed by atoms with Crippen molar-refractivity contribution >= 4 is 17.2 Å². The predicted molar refractivity (Wildman–Crippen MR) is 108 cm³/mol. The lowest BCUT2D eigenvalue weighted by Gasteiger charge is -2.11. The van der Waals surface area contributed by atoms with Crippen molar-refractivity contribution in [1.82, 2.24) is 10.3 Å². The van der Waals surface area contributed by atoms with Crippen LogP contribution in [0.3, 0.4) is 0 Å². The van der Waals surface area contributed by atoms with Crippen LogP contribution in [-0.4, -0.2) is 31.7 Å². The van der Waals surface area contributed by atoms with Gasteiger partial charge in [-0.25, -0.2) is 4.98 Å². The maximum atomic E-state index is 12.6. The Labute approximate surface area is 163 Å². The van der Waals surface area contributed by atoms with Crippen LogP contribution in [0, 0.1) is 6.92 Å². The molecule has 0 spiro atoms. The van der Waals surface area contributed by atoms with Crippen LogP contribution in [0.2, 0.25) is 0 Å². The quantitative estimate of drug-likeness (QED) is 0.668. The number of benzene rings is 2. The Bertz CT molecular complexity index is 922. The van der Waals surface area contributed by atoms with Gasteiger partial charge >= 0.3 is 0 Å². The number of carbonyl (C=O) groups is 1. The summed E-state index contributed by atoms with van der Waals surface area (Å²) in [5.41, 5.74) is 2.75. The molecule has 1 N–H and O–H groups in total. The second-order valence-electron chi connectivity index (χ2n) is 5.98. The van der Waals surface area contributed by atoms with Crippen LogP contribution >= 0.6 is 11.3 Å². The number of methoxy groups -OCH3 is 2. The van der Waals surface area contributed by atoms with Gasteiger partial charge in [0.2, 0.25) is 0 Å². The van der Waals surface area contributed by atoms with Gasteiger partial charge in [-0.3, -0.25) is 4.79 Å². The van der Waals surface area contributed by atoms with E-state index in [0.717, 1.165) is 33.3 Å². The topological polar surface area (TPSA) is 60.5 Å². The summed E-state index contributed by atoms with van der Waals surface area (Å²) in [4.78, 5) is 17.8. The number of amides is 1. The van der Waals surface area contributed by atoms with Crippen LogP contribution in [0.15, 0.2) is 48.5 Å². The fourth-order valence-corrected chi connectivity index (χ4v) is 3.77. The van der Waals surface area contributed by atoms with Crippen LogP contribution in [-0.2, 0) is 6.42 Å². The summed E-state index contributed by atoms with van der Waals surface area (Å²) in [6.45, 7) is 2.36. The summed E-state index contributed by atoms with van der Waals surface area (Å²) in [5, 5.41) is 3.83. The molecule has 3 aromatic rings. The van der Waals surface area contributed by atoms with E-state index in [0.29, 0.717) is 17.8 Å². The molecule has 0 aliphatic heterocycles. The number of carbonyl (C=O) groups excluding carboxylic acids is 1. The standard InChI is InChI=1S/C21H22N2O3S/c1-14-19(27-21(23-14)15-7-5-4-6-8-15)20(24)22-12-11-16-13-17(25-2)9-10-18(16)26-3/h4-10,13H,11-12H2,1-3H3,(H,22,24). The summed E-state index contributed by atoms with van der Waals surface area (Å²) in [7, 11) is 3.26. The molecule has 0 aliphatic carbocycles. The molecule has 140 valence electrons. The second kappa shape index (κ2) is 8.68. The first-order chi connectivity index (χ1) is 13.1. The highest BCUT2D eigenvalue weighted by Gasteiger charge is 2.16. The molecule has 27 heavy (non-hydrogen) atoms. The zero-order chi connectivity index (χ0) is 19.2. The SMILES string of the molecule is COc1ccc(OC)c(CCNC(=O)c2sc(-c3ccccc3)nc2C)c1. The largest absolute Gasteiger partial charge is 0.497 e. The number of aromatic nitrogens is 1. The molecule has 0 aliphatic rings. The van der Waals surface area contributed by atoms with Crippen LogP contribution in [0.5, 0.6) is 11.5 Å². The van der Waals surface area contributed by atoms with Gasteiger partial charge in [0, 0.05) is 12.1 Å². The third kappa shape index (κ3) is 4.46. The third-order valence-corrected chi connectivity index (χ3v) is 5.40. The normalized spacial score (nSPS) is 10.5. The van der Waals surface area contributed by atoms with E-state index in [9.17, 15) is 4.79 Å². The van der Waals surface area contributed by atoms with Crippen molar-refractivity contribution in [2.75, 3.05) is 20.8 Å². The van der Waals surface area contributed by atoms with Gasteiger partial charge in [0.15, 0.2) is 0 Å². The first-order valence-electron chi connectivity index (χ1n) is 8.64. The van der Waals surface area contributed by atoms with E-state index in [-0.39, 0.29) is 5.91 Å². The fraction of sp³-hybridized carbons (Fsp3) is 0.238. The van der Waals surface area contributed by atoms with Crippen LogP contribution < -0.4 is 14.8 Å². The molecule has 1 heterocycles.